The van der Waals surface area contributed by atoms with Crippen LogP contribution < -0.4 is 0 Å². The van der Waals surface area contributed by atoms with Gasteiger partial charge in [-0.25, -0.2) is 4.79 Å². The highest BCUT2D eigenvalue weighted by Crippen LogP contribution is 2.03. The minimum Gasteiger partial charge on any atom is -0.472 e. The molecule has 2 heteroatoms. The minimum atomic E-state index is -1.10. The van der Waals surface area contributed by atoms with Gasteiger partial charge < -0.3 is 5.11 Å². The average molecular weight is 160 g/mol. The summed E-state index contributed by atoms with van der Waals surface area (Å²) >= 11 is 0. The smallest absolute Gasteiger partial charge is 0.382 e. The molecule has 12 heavy (non-hydrogen) atoms. The molecule has 2 nitrogen and oxygen atoms in total. The Morgan fingerprint density at radius 3 is 2.67 bits per heavy atom. The summed E-state index contributed by atoms with van der Waals surface area (Å²) in [6.45, 7) is 1.89. The molecule has 1 N–H and O–H groups in total. The number of benzene rings is 1. The molecule has 60 valence electrons. The molecule has 1 aromatic rings. The molecule has 1 rings (SSSR count). The van der Waals surface area contributed by atoms with Crippen molar-refractivity contribution in [2.24, 2.45) is 0 Å². The molecule has 0 fully saturated rings. The lowest BCUT2D eigenvalue weighted by molar-refractivity contribution is -0.130. The van der Waals surface area contributed by atoms with Crippen molar-refractivity contribution >= 4 is 5.97 Å². The van der Waals surface area contributed by atoms with Gasteiger partial charge in [-0.05, 0) is 18.6 Å². The Balaban J connectivity index is 2.99. The van der Waals surface area contributed by atoms with Crippen molar-refractivity contribution in [1.29, 1.82) is 0 Å². The summed E-state index contributed by atoms with van der Waals surface area (Å²) in [5, 5.41) is 8.29. The summed E-state index contributed by atoms with van der Waals surface area (Å²) in [5.74, 6) is 3.53. The van der Waals surface area contributed by atoms with Crippen LogP contribution in [0.2, 0.25) is 0 Å². The first-order valence-corrected chi connectivity index (χ1v) is 3.51. The van der Waals surface area contributed by atoms with Crippen LogP contribution >= 0.6 is 0 Å². The molecular formula is C10H8O2. The molecule has 0 atom stereocenters. The molecule has 0 bridgehead atoms. The van der Waals surface area contributed by atoms with E-state index in [1.54, 1.807) is 6.07 Å². The molecule has 0 aliphatic rings. The maximum atomic E-state index is 10.1. The normalized spacial score (nSPS) is 8.42. The van der Waals surface area contributed by atoms with Gasteiger partial charge in [0.15, 0.2) is 0 Å². The highest BCUT2D eigenvalue weighted by Gasteiger charge is 1.91. The van der Waals surface area contributed by atoms with Crippen LogP contribution in [0.5, 0.6) is 0 Å². The zero-order valence-corrected chi connectivity index (χ0v) is 6.66. The number of carbonyl (C=O) groups is 1. The molecule has 0 saturated carbocycles. The van der Waals surface area contributed by atoms with Gasteiger partial charge in [0.25, 0.3) is 0 Å². The minimum absolute atomic E-state index is 0.764. The van der Waals surface area contributed by atoms with Crippen LogP contribution in [-0.4, -0.2) is 11.1 Å². The largest absolute Gasteiger partial charge is 0.472 e. The van der Waals surface area contributed by atoms with Crippen LogP contribution in [0.15, 0.2) is 24.3 Å². The Morgan fingerprint density at radius 2 is 2.08 bits per heavy atom. The van der Waals surface area contributed by atoms with Crippen LogP contribution in [0.4, 0.5) is 0 Å². The van der Waals surface area contributed by atoms with Gasteiger partial charge in [0.1, 0.15) is 0 Å². The van der Waals surface area contributed by atoms with Gasteiger partial charge in [-0.3, -0.25) is 0 Å². The second kappa shape index (κ2) is 3.59. The second-order valence-corrected chi connectivity index (χ2v) is 2.37. The molecule has 0 aliphatic heterocycles. The van der Waals surface area contributed by atoms with Gasteiger partial charge in [0.2, 0.25) is 0 Å². The molecule has 0 saturated heterocycles. The standard InChI is InChI=1S/C10H8O2/c1-8-4-2-3-5-9(8)6-7-10(11)12/h2-5H,1H3,(H,11,12). The van der Waals surface area contributed by atoms with E-state index in [0.29, 0.717) is 0 Å². The van der Waals surface area contributed by atoms with Crippen molar-refractivity contribution in [3.05, 3.63) is 35.4 Å². The van der Waals surface area contributed by atoms with Gasteiger partial charge in [-0.15, -0.1) is 0 Å². The number of hydrogen-bond acceptors (Lipinski definition) is 1. The van der Waals surface area contributed by atoms with Gasteiger partial charge in [-0.2, -0.15) is 0 Å². The molecule has 0 amide bonds. The number of carboxylic acids is 1. The van der Waals surface area contributed by atoms with Crippen molar-refractivity contribution in [2.75, 3.05) is 0 Å². The van der Waals surface area contributed by atoms with Gasteiger partial charge in [0.05, 0.1) is 0 Å². The highest BCUT2D eigenvalue weighted by atomic mass is 16.4. The summed E-state index contributed by atoms with van der Waals surface area (Å²) in [5.41, 5.74) is 1.76. The zero-order valence-electron chi connectivity index (χ0n) is 6.66. The second-order valence-electron chi connectivity index (χ2n) is 2.37. The summed E-state index contributed by atoms with van der Waals surface area (Å²) in [7, 11) is 0. The fourth-order valence-electron chi connectivity index (χ4n) is 0.834. The number of rotatable bonds is 0. The summed E-state index contributed by atoms with van der Waals surface area (Å²) < 4.78 is 0. The van der Waals surface area contributed by atoms with Crippen molar-refractivity contribution in [2.45, 2.75) is 6.92 Å². The van der Waals surface area contributed by atoms with E-state index < -0.39 is 5.97 Å². The average Bonchev–Trinajstić information content (AvgIpc) is 2.03. The SMILES string of the molecule is Cc1ccccc1C#CC(=O)O. The van der Waals surface area contributed by atoms with Gasteiger partial charge in [0, 0.05) is 11.5 Å². The van der Waals surface area contributed by atoms with E-state index in [9.17, 15) is 4.79 Å². The lowest BCUT2D eigenvalue weighted by atomic mass is 10.1. The third-order valence-corrected chi connectivity index (χ3v) is 1.45. The maximum Gasteiger partial charge on any atom is 0.382 e. The highest BCUT2D eigenvalue weighted by molar-refractivity contribution is 5.87. The molecule has 0 heterocycles. The van der Waals surface area contributed by atoms with E-state index in [2.05, 4.69) is 11.8 Å². The molecular weight excluding hydrogens is 152 g/mol. The van der Waals surface area contributed by atoms with Crippen molar-refractivity contribution < 1.29 is 9.90 Å². The van der Waals surface area contributed by atoms with E-state index in [1.165, 1.54) is 0 Å². The fraction of sp³-hybridized carbons (Fsp3) is 0.100. The number of hydrogen-bond donors (Lipinski definition) is 1. The maximum absolute atomic E-state index is 10.1. The Labute approximate surface area is 70.8 Å². The molecule has 0 spiro atoms. The first kappa shape index (κ1) is 8.35. The monoisotopic (exact) mass is 160 g/mol. The molecule has 0 aromatic heterocycles. The number of carboxylic acid groups (broad SMARTS) is 1. The van der Waals surface area contributed by atoms with Crippen LogP contribution in [0.25, 0.3) is 0 Å². The van der Waals surface area contributed by atoms with Crippen LogP contribution in [0.3, 0.4) is 0 Å². The van der Waals surface area contributed by atoms with E-state index >= 15 is 0 Å². The lowest BCUT2D eigenvalue weighted by Gasteiger charge is -1.93. The molecule has 0 unspecified atom stereocenters. The summed E-state index contributed by atoms with van der Waals surface area (Å²) in [6, 6.07) is 7.41. The molecule has 0 radical (unpaired) electrons. The van der Waals surface area contributed by atoms with E-state index in [1.807, 2.05) is 25.1 Å². The van der Waals surface area contributed by atoms with Crippen LogP contribution in [-0.2, 0) is 4.79 Å². The van der Waals surface area contributed by atoms with E-state index in [-0.39, 0.29) is 0 Å². The number of aliphatic carboxylic acids is 1. The first-order chi connectivity index (χ1) is 5.70. The van der Waals surface area contributed by atoms with Crippen LogP contribution in [0, 0.1) is 18.8 Å². The zero-order chi connectivity index (χ0) is 8.97. The van der Waals surface area contributed by atoms with E-state index in [0.717, 1.165) is 11.1 Å². The van der Waals surface area contributed by atoms with E-state index in [4.69, 9.17) is 5.11 Å². The van der Waals surface area contributed by atoms with Crippen molar-refractivity contribution in [3.8, 4) is 11.8 Å². The van der Waals surface area contributed by atoms with Gasteiger partial charge in [-0.1, -0.05) is 24.1 Å². The Kier molecular flexibility index (Phi) is 2.49. The Bertz CT molecular complexity index is 356. The van der Waals surface area contributed by atoms with Gasteiger partial charge >= 0.3 is 5.97 Å². The quantitative estimate of drug-likeness (QED) is 0.583. The van der Waals surface area contributed by atoms with Crippen LogP contribution in [0.1, 0.15) is 11.1 Å². The first-order valence-electron chi connectivity index (χ1n) is 3.51. The molecule has 0 aliphatic carbocycles. The third kappa shape index (κ3) is 2.14. The Hall–Kier alpha value is -1.75. The fourth-order valence-corrected chi connectivity index (χ4v) is 0.834. The Morgan fingerprint density at radius 1 is 1.42 bits per heavy atom. The lowest BCUT2D eigenvalue weighted by Crippen LogP contribution is -1.88. The molecule has 1 aromatic carbocycles. The predicted molar refractivity (Wildman–Crippen MR) is 45.7 cm³/mol. The van der Waals surface area contributed by atoms with Crippen molar-refractivity contribution in [1.82, 2.24) is 0 Å². The number of aryl methyl sites for hydroxylation is 1. The third-order valence-electron chi connectivity index (χ3n) is 1.45. The summed E-state index contributed by atoms with van der Waals surface area (Å²) in [6.07, 6.45) is 0. The van der Waals surface area contributed by atoms with Crippen molar-refractivity contribution in [3.63, 3.8) is 0 Å². The predicted octanol–water partition coefficient (Wildman–Crippen LogP) is 1.43. The summed E-state index contributed by atoms with van der Waals surface area (Å²) in [4.78, 5) is 10.1. The topological polar surface area (TPSA) is 37.3 Å².